The van der Waals surface area contributed by atoms with Crippen LogP contribution in [0.1, 0.15) is 36.1 Å². The van der Waals surface area contributed by atoms with E-state index in [1.165, 1.54) is 4.88 Å². The van der Waals surface area contributed by atoms with Gasteiger partial charge in [0.05, 0.1) is 11.0 Å². The third kappa shape index (κ3) is 3.51. The second-order valence-corrected chi connectivity index (χ2v) is 5.49. The largest absolute Gasteiger partial charge is 0.355 e. The van der Waals surface area contributed by atoms with Crippen molar-refractivity contribution in [2.75, 3.05) is 6.54 Å². The van der Waals surface area contributed by atoms with Crippen molar-refractivity contribution >= 4 is 17.2 Å². The molecular formula is C12H19N3OS. The maximum absolute atomic E-state index is 11.7. The molecule has 2 N–H and O–H groups in total. The zero-order chi connectivity index (χ0) is 12.1. The summed E-state index contributed by atoms with van der Waals surface area (Å²) in [7, 11) is 0. The Kier molecular flexibility index (Phi) is 4.50. The van der Waals surface area contributed by atoms with Crippen LogP contribution in [-0.2, 0) is 17.8 Å². The molecule has 2 heterocycles. The maximum atomic E-state index is 11.7. The van der Waals surface area contributed by atoms with Crippen molar-refractivity contribution in [1.29, 1.82) is 0 Å². The highest BCUT2D eigenvalue weighted by atomic mass is 32.1. The van der Waals surface area contributed by atoms with Gasteiger partial charge in [-0.2, -0.15) is 0 Å². The number of nitrogens with one attached hydrogen (secondary N) is 2. The van der Waals surface area contributed by atoms with Crippen molar-refractivity contribution < 1.29 is 4.79 Å². The quantitative estimate of drug-likeness (QED) is 0.854. The first-order chi connectivity index (χ1) is 8.29. The average Bonchev–Trinajstić information content (AvgIpc) is 2.70. The number of hydrogen-bond donors (Lipinski definition) is 2. The van der Waals surface area contributed by atoms with Crippen molar-refractivity contribution in [2.24, 2.45) is 0 Å². The van der Waals surface area contributed by atoms with Gasteiger partial charge in [-0.05, 0) is 25.7 Å². The van der Waals surface area contributed by atoms with Crippen molar-refractivity contribution in [1.82, 2.24) is 15.6 Å². The first-order valence-electron chi connectivity index (χ1n) is 6.24. The zero-order valence-corrected chi connectivity index (χ0v) is 11.0. The van der Waals surface area contributed by atoms with Crippen molar-refractivity contribution in [3.63, 3.8) is 0 Å². The summed E-state index contributed by atoms with van der Waals surface area (Å²) in [4.78, 5) is 17.2. The highest BCUT2D eigenvalue weighted by Gasteiger charge is 2.19. The van der Waals surface area contributed by atoms with Gasteiger partial charge in [-0.1, -0.05) is 6.92 Å². The molecule has 0 radical (unpaired) electrons. The summed E-state index contributed by atoms with van der Waals surface area (Å²) in [5.41, 5.74) is 0. The van der Waals surface area contributed by atoms with E-state index in [0.29, 0.717) is 0 Å². The van der Waals surface area contributed by atoms with Crippen LogP contribution in [-0.4, -0.2) is 23.5 Å². The van der Waals surface area contributed by atoms with Crippen LogP contribution in [0.4, 0.5) is 0 Å². The molecule has 17 heavy (non-hydrogen) atoms. The van der Waals surface area contributed by atoms with E-state index < -0.39 is 0 Å². The Balaban J connectivity index is 1.85. The van der Waals surface area contributed by atoms with Crippen molar-refractivity contribution in [3.05, 3.63) is 16.1 Å². The van der Waals surface area contributed by atoms with E-state index in [0.717, 1.165) is 43.8 Å². The van der Waals surface area contributed by atoms with Crippen LogP contribution in [0.25, 0.3) is 0 Å². The lowest BCUT2D eigenvalue weighted by Crippen LogP contribution is -2.42. The summed E-state index contributed by atoms with van der Waals surface area (Å²) in [5.74, 6) is 0.141. The number of nitrogens with zero attached hydrogens (tertiary/aromatic N) is 1. The second-order valence-electron chi connectivity index (χ2n) is 4.29. The van der Waals surface area contributed by atoms with Gasteiger partial charge in [0.25, 0.3) is 0 Å². The number of hydrogen-bond acceptors (Lipinski definition) is 4. The summed E-state index contributed by atoms with van der Waals surface area (Å²) in [6.45, 7) is 3.67. The minimum Gasteiger partial charge on any atom is -0.355 e. The highest BCUT2D eigenvalue weighted by molar-refractivity contribution is 7.11. The fourth-order valence-electron chi connectivity index (χ4n) is 1.95. The molecule has 1 aromatic rings. The highest BCUT2D eigenvalue weighted by Crippen LogP contribution is 2.14. The van der Waals surface area contributed by atoms with Gasteiger partial charge in [-0.25, -0.2) is 4.98 Å². The summed E-state index contributed by atoms with van der Waals surface area (Å²) in [6, 6.07) is -0.0373. The monoisotopic (exact) mass is 253 g/mol. The fraction of sp³-hybridized carbons (Fsp3) is 0.667. The molecule has 1 saturated heterocycles. The Bertz CT molecular complexity index is 378. The Labute approximate surface area is 106 Å². The molecule has 1 unspecified atom stereocenters. The number of rotatable bonds is 4. The minimum atomic E-state index is -0.0373. The smallest absolute Gasteiger partial charge is 0.237 e. The van der Waals surface area contributed by atoms with E-state index in [2.05, 4.69) is 22.5 Å². The number of carbonyl (C=O) groups excluding carboxylic acids is 1. The number of aromatic nitrogens is 1. The number of thiazole rings is 1. The van der Waals surface area contributed by atoms with Gasteiger partial charge in [-0.15, -0.1) is 11.3 Å². The zero-order valence-electron chi connectivity index (χ0n) is 10.2. The van der Waals surface area contributed by atoms with Gasteiger partial charge in [0.2, 0.25) is 5.91 Å². The number of aryl methyl sites for hydroxylation is 1. The maximum Gasteiger partial charge on any atom is 0.237 e. The Morgan fingerprint density at radius 2 is 2.47 bits per heavy atom. The van der Waals surface area contributed by atoms with Crippen LogP contribution in [0.15, 0.2) is 6.20 Å². The molecule has 2 rings (SSSR count). The molecule has 0 aromatic carbocycles. The van der Waals surface area contributed by atoms with E-state index in [1.807, 2.05) is 6.20 Å². The Morgan fingerprint density at radius 3 is 3.24 bits per heavy atom. The first-order valence-corrected chi connectivity index (χ1v) is 7.06. The third-order valence-corrected chi connectivity index (χ3v) is 4.10. The van der Waals surface area contributed by atoms with Gasteiger partial charge in [0.15, 0.2) is 0 Å². The molecular weight excluding hydrogens is 234 g/mol. The van der Waals surface area contributed by atoms with Gasteiger partial charge >= 0.3 is 0 Å². The lowest BCUT2D eigenvalue weighted by atomic mass is 10.1. The normalized spacial score (nSPS) is 21.0. The summed E-state index contributed by atoms with van der Waals surface area (Å²) in [5, 5.41) is 7.42. The molecule has 1 aliphatic heterocycles. The minimum absolute atomic E-state index is 0.0373. The Morgan fingerprint density at radius 1 is 1.59 bits per heavy atom. The predicted molar refractivity (Wildman–Crippen MR) is 69.0 cm³/mol. The summed E-state index contributed by atoms with van der Waals surface area (Å²) in [6.07, 6.45) is 6.02. The number of carbonyl (C=O) groups is 1. The van der Waals surface area contributed by atoms with Crippen LogP contribution in [0, 0.1) is 0 Å². The SMILES string of the molecule is CCc1ncc(CNC2CCCCNC2=O)s1. The van der Waals surface area contributed by atoms with Gasteiger partial charge < -0.3 is 10.6 Å². The second kappa shape index (κ2) is 6.12. The summed E-state index contributed by atoms with van der Waals surface area (Å²) >= 11 is 1.72. The van der Waals surface area contributed by atoms with Gasteiger partial charge in [-0.3, -0.25) is 4.79 Å². The molecule has 1 atom stereocenters. The van der Waals surface area contributed by atoms with Crippen LogP contribution < -0.4 is 10.6 Å². The number of amides is 1. The average molecular weight is 253 g/mol. The molecule has 5 heteroatoms. The lowest BCUT2D eigenvalue weighted by molar-refractivity contribution is -0.122. The molecule has 1 fully saturated rings. The van der Waals surface area contributed by atoms with E-state index in [-0.39, 0.29) is 11.9 Å². The molecule has 94 valence electrons. The fourth-order valence-corrected chi connectivity index (χ4v) is 2.76. The standard InChI is InChI=1S/C12H19N3OS/c1-2-11-15-8-9(17-11)7-14-10-5-3-4-6-13-12(10)16/h8,10,14H,2-7H2,1H3,(H,13,16). The van der Waals surface area contributed by atoms with Crippen LogP contribution in [0.2, 0.25) is 0 Å². The lowest BCUT2D eigenvalue weighted by Gasteiger charge is -2.13. The van der Waals surface area contributed by atoms with E-state index >= 15 is 0 Å². The molecule has 0 bridgehead atoms. The predicted octanol–water partition coefficient (Wildman–Crippen LogP) is 1.46. The molecule has 0 spiro atoms. The molecule has 0 aliphatic carbocycles. The van der Waals surface area contributed by atoms with Crippen LogP contribution >= 0.6 is 11.3 Å². The molecule has 0 saturated carbocycles. The van der Waals surface area contributed by atoms with Crippen molar-refractivity contribution in [3.8, 4) is 0 Å². The molecule has 1 amide bonds. The summed E-state index contributed by atoms with van der Waals surface area (Å²) < 4.78 is 0. The molecule has 1 aromatic heterocycles. The van der Waals surface area contributed by atoms with Gasteiger partial charge in [0.1, 0.15) is 0 Å². The van der Waals surface area contributed by atoms with Crippen LogP contribution in [0.5, 0.6) is 0 Å². The van der Waals surface area contributed by atoms with Crippen molar-refractivity contribution in [2.45, 2.75) is 45.2 Å². The van der Waals surface area contributed by atoms with E-state index in [4.69, 9.17) is 0 Å². The first kappa shape index (κ1) is 12.5. The Hall–Kier alpha value is -0.940. The third-order valence-electron chi connectivity index (χ3n) is 2.96. The topological polar surface area (TPSA) is 54.0 Å². The van der Waals surface area contributed by atoms with Gasteiger partial charge in [0, 0.05) is 24.2 Å². The molecule has 1 aliphatic rings. The van der Waals surface area contributed by atoms with E-state index in [1.54, 1.807) is 11.3 Å². The molecule has 4 nitrogen and oxygen atoms in total. The van der Waals surface area contributed by atoms with E-state index in [9.17, 15) is 4.79 Å². The van der Waals surface area contributed by atoms with Crippen LogP contribution in [0.3, 0.4) is 0 Å².